The van der Waals surface area contributed by atoms with Crippen LogP contribution in [0.25, 0.3) is 5.82 Å². The Morgan fingerprint density at radius 1 is 1.18 bits per heavy atom. The fourth-order valence-corrected chi connectivity index (χ4v) is 3.64. The first kappa shape index (κ1) is 18.4. The standard InChI is InChI=1S/C20H20ClN3O4/c1-11-6-15(13(3)24(11)18-7-12(2)28-23-18)20(25)22-10-14-8-16(21)19-17(9-14)26-4-5-27-19/h6-9H,4-5,10H2,1-3H3,(H,22,25). The van der Waals surface area contributed by atoms with Gasteiger partial charge in [0.25, 0.3) is 5.91 Å². The second kappa shape index (κ2) is 7.24. The Bertz CT molecular complexity index is 1050. The molecule has 3 aromatic rings. The number of rotatable bonds is 4. The van der Waals surface area contributed by atoms with E-state index >= 15 is 0 Å². The van der Waals surface area contributed by atoms with Crippen molar-refractivity contribution < 1.29 is 18.8 Å². The van der Waals surface area contributed by atoms with E-state index in [1.54, 1.807) is 6.07 Å². The number of halogens is 1. The van der Waals surface area contributed by atoms with Crippen LogP contribution in [0.3, 0.4) is 0 Å². The molecule has 0 aliphatic carbocycles. The van der Waals surface area contributed by atoms with Crippen molar-refractivity contribution >= 4 is 17.5 Å². The van der Waals surface area contributed by atoms with E-state index in [0.29, 0.717) is 53.4 Å². The molecule has 146 valence electrons. The molecule has 1 aliphatic heterocycles. The molecule has 0 atom stereocenters. The Labute approximate surface area is 167 Å². The third-order valence-electron chi connectivity index (χ3n) is 4.63. The van der Waals surface area contributed by atoms with E-state index in [1.807, 2.05) is 43.5 Å². The van der Waals surface area contributed by atoms with Crippen LogP contribution in [0.1, 0.15) is 33.1 Å². The largest absolute Gasteiger partial charge is 0.486 e. The second-order valence-corrected chi connectivity index (χ2v) is 7.11. The minimum Gasteiger partial charge on any atom is -0.486 e. The lowest BCUT2D eigenvalue weighted by Crippen LogP contribution is -2.23. The third-order valence-corrected chi connectivity index (χ3v) is 4.91. The Balaban J connectivity index is 1.53. The zero-order chi connectivity index (χ0) is 19.8. The fraction of sp³-hybridized carbons (Fsp3) is 0.300. The summed E-state index contributed by atoms with van der Waals surface area (Å²) in [6.07, 6.45) is 0. The van der Waals surface area contributed by atoms with Gasteiger partial charge in [-0.25, -0.2) is 0 Å². The normalized spacial score (nSPS) is 12.9. The van der Waals surface area contributed by atoms with Gasteiger partial charge in [0.05, 0.1) is 10.6 Å². The van der Waals surface area contributed by atoms with E-state index in [0.717, 1.165) is 17.0 Å². The Hall–Kier alpha value is -2.93. The molecule has 3 heterocycles. The van der Waals surface area contributed by atoms with Gasteiger partial charge in [-0.05, 0) is 44.5 Å². The molecule has 8 heteroatoms. The summed E-state index contributed by atoms with van der Waals surface area (Å²) in [5, 5.41) is 7.45. The van der Waals surface area contributed by atoms with Crippen LogP contribution >= 0.6 is 11.6 Å². The first-order valence-corrected chi connectivity index (χ1v) is 9.30. The number of fused-ring (bicyclic) bond motifs is 1. The predicted molar refractivity (Wildman–Crippen MR) is 104 cm³/mol. The number of aryl methyl sites for hydroxylation is 2. The van der Waals surface area contributed by atoms with E-state index in [4.69, 9.17) is 25.6 Å². The lowest BCUT2D eigenvalue weighted by atomic mass is 10.1. The van der Waals surface area contributed by atoms with Crippen LogP contribution in [0, 0.1) is 20.8 Å². The summed E-state index contributed by atoms with van der Waals surface area (Å²) >= 11 is 6.26. The van der Waals surface area contributed by atoms with Crippen molar-refractivity contribution in [3.8, 4) is 17.3 Å². The maximum atomic E-state index is 12.8. The number of carbonyl (C=O) groups is 1. The van der Waals surface area contributed by atoms with Gasteiger partial charge < -0.3 is 19.3 Å². The lowest BCUT2D eigenvalue weighted by molar-refractivity contribution is 0.0950. The van der Waals surface area contributed by atoms with Gasteiger partial charge in [0.1, 0.15) is 19.0 Å². The number of amides is 1. The average Bonchev–Trinajstić information content (AvgIpc) is 3.22. The van der Waals surface area contributed by atoms with E-state index in [9.17, 15) is 4.79 Å². The molecular formula is C20H20ClN3O4. The first-order chi connectivity index (χ1) is 13.4. The van der Waals surface area contributed by atoms with E-state index < -0.39 is 0 Å². The van der Waals surface area contributed by atoms with Gasteiger partial charge in [0, 0.05) is 24.0 Å². The van der Waals surface area contributed by atoms with Gasteiger partial charge in [-0.15, -0.1) is 0 Å². The molecule has 0 unspecified atom stereocenters. The molecule has 1 amide bonds. The predicted octanol–water partition coefficient (Wildman–Crippen LogP) is 3.75. The molecule has 0 fully saturated rings. The number of aromatic nitrogens is 2. The summed E-state index contributed by atoms with van der Waals surface area (Å²) in [7, 11) is 0. The molecule has 7 nitrogen and oxygen atoms in total. The van der Waals surface area contributed by atoms with Crippen LogP contribution in [-0.2, 0) is 6.54 Å². The summed E-state index contributed by atoms with van der Waals surface area (Å²) in [4.78, 5) is 12.8. The van der Waals surface area contributed by atoms with Gasteiger partial charge in [-0.2, -0.15) is 0 Å². The number of nitrogens with one attached hydrogen (secondary N) is 1. The summed E-state index contributed by atoms with van der Waals surface area (Å²) < 4.78 is 18.2. The molecule has 1 aliphatic rings. The molecule has 0 bridgehead atoms. The minimum absolute atomic E-state index is 0.175. The molecule has 28 heavy (non-hydrogen) atoms. The summed E-state index contributed by atoms with van der Waals surface area (Å²) in [6, 6.07) is 7.28. The molecule has 0 spiro atoms. The first-order valence-electron chi connectivity index (χ1n) is 8.93. The highest BCUT2D eigenvalue weighted by atomic mass is 35.5. The third kappa shape index (κ3) is 3.33. The molecule has 0 radical (unpaired) electrons. The van der Waals surface area contributed by atoms with Crippen LogP contribution in [0.5, 0.6) is 11.5 Å². The molecular weight excluding hydrogens is 382 g/mol. The fourth-order valence-electron chi connectivity index (χ4n) is 3.35. The summed E-state index contributed by atoms with van der Waals surface area (Å²) in [5.41, 5.74) is 3.12. The van der Waals surface area contributed by atoms with Crippen LogP contribution in [0.15, 0.2) is 28.8 Å². The van der Waals surface area contributed by atoms with Gasteiger partial charge >= 0.3 is 0 Å². The van der Waals surface area contributed by atoms with E-state index in [-0.39, 0.29) is 5.91 Å². The lowest BCUT2D eigenvalue weighted by Gasteiger charge is -2.20. The molecule has 0 saturated heterocycles. The topological polar surface area (TPSA) is 78.5 Å². The highest BCUT2D eigenvalue weighted by Gasteiger charge is 2.20. The number of carbonyl (C=O) groups excluding carboxylic acids is 1. The number of hydrogen-bond acceptors (Lipinski definition) is 5. The molecule has 4 rings (SSSR count). The summed E-state index contributed by atoms with van der Waals surface area (Å²) in [6.45, 7) is 6.91. The highest BCUT2D eigenvalue weighted by molar-refractivity contribution is 6.32. The van der Waals surface area contributed by atoms with Gasteiger partial charge in [0.2, 0.25) is 0 Å². The van der Waals surface area contributed by atoms with E-state index in [2.05, 4.69) is 10.5 Å². The zero-order valence-electron chi connectivity index (χ0n) is 15.8. The monoisotopic (exact) mass is 401 g/mol. The van der Waals surface area contributed by atoms with Crippen LogP contribution in [0.2, 0.25) is 5.02 Å². The van der Waals surface area contributed by atoms with Crippen molar-refractivity contribution in [3.05, 3.63) is 57.6 Å². The van der Waals surface area contributed by atoms with Crippen LogP contribution in [0.4, 0.5) is 0 Å². The van der Waals surface area contributed by atoms with Gasteiger partial charge in [-0.1, -0.05) is 16.8 Å². The Kier molecular flexibility index (Phi) is 4.77. The average molecular weight is 402 g/mol. The van der Waals surface area contributed by atoms with Crippen LogP contribution < -0.4 is 14.8 Å². The van der Waals surface area contributed by atoms with Crippen molar-refractivity contribution in [2.75, 3.05) is 13.2 Å². The van der Waals surface area contributed by atoms with E-state index in [1.165, 1.54) is 0 Å². The highest BCUT2D eigenvalue weighted by Crippen LogP contribution is 2.38. The molecule has 2 aromatic heterocycles. The van der Waals surface area contributed by atoms with Crippen molar-refractivity contribution in [1.29, 1.82) is 0 Å². The number of ether oxygens (including phenoxy) is 2. The minimum atomic E-state index is -0.175. The van der Waals surface area contributed by atoms with Crippen molar-refractivity contribution in [2.45, 2.75) is 27.3 Å². The quantitative estimate of drug-likeness (QED) is 0.720. The molecule has 1 aromatic carbocycles. The maximum absolute atomic E-state index is 12.8. The number of benzene rings is 1. The maximum Gasteiger partial charge on any atom is 0.253 e. The number of hydrogen-bond donors (Lipinski definition) is 1. The van der Waals surface area contributed by atoms with Gasteiger partial charge in [0.15, 0.2) is 17.3 Å². The SMILES string of the molecule is Cc1cc(-n2c(C)cc(C(=O)NCc3cc(Cl)c4c(c3)OCCO4)c2C)no1. The van der Waals surface area contributed by atoms with Gasteiger partial charge in [-0.3, -0.25) is 9.36 Å². The number of nitrogens with zero attached hydrogens (tertiary/aromatic N) is 2. The summed E-state index contributed by atoms with van der Waals surface area (Å²) in [5.74, 6) is 2.34. The Morgan fingerprint density at radius 2 is 1.96 bits per heavy atom. The molecule has 0 saturated carbocycles. The molecule has 1 N–H and O–H groups in total. The smallest absolute Gasteiger partial charge is 0.253 e. The zero-order valence-corrected chi connectivity index (χ0v) is 16.6. The van der Waals surface area contributed by atoms with Crippen molar-refractivity contribution in [3.63, 3.8) is 0 Å². The van der Waals surface area contributed by atoms with Crippen molar-refractivity contribution in [1.82, 2.24) is 15.0 Å². The Morgan fingerprint density at radius 3 is 2.71 bits per heavy atom. The van der Waals surface area contributed by atoms with Crippen molar-refractivity contribution in [2.24, 2.45) is 0 Å². The second-order valence-electron chi connectivity index (χ2n) is 6.70. The van der Waals surface area contributed by atoms with Crippen LogP contribution in [-0.4, -0.2) is 28.8 Å².